The van der Waals surface area contributed by atoms with Gasteiger partial charge in [-0.1, -0.05) is 12.1 Å². The first-order chi connectivity index (χ1) is 8.52. The maximum absolute atomic E-state index is 10.5. The summed E-state index contributed by atoms with van der Waals surface area (Å²) < 4.78 is 5.14. The molecule has 0 saturated heterocycles. The number of hydrogen-bond acceptors (Lipinski definition) is 3. The fourth-order valence-electron chi connectivity index (χ4n) is 1.59. The lowest BCUT2D eigenvalue weighted by Crippen LogP contribution is -2.25. The van der Waals surface area contributed by atoms with Crippen molar-refractivity contribution in [2.75, 3.05) is 27.2 Å². The van der Waals surface area contributed by atoms with Gasteiger partial charge in [0.25, 0.3) is 0 Å². The van der Waals surface area contributed by atoms with Crippen LogP contribution in [0.5, 0.6) is 5.75 Å². The van der Waals surface area contributed by atoms with Gasteiger partial charge in [-0.15, -0.1) is 11.6 Å². The van der Waals surface area contributed by atoms with Gasteiger partial charge in [-0.05, 0) is 24.7 Å². The summed E-state index contributed by atoms with van der Waals surface area (Å²) in [4.78, 5) is 12.4. The fraction of sp³-hybridized carbons (Fsp3) is 0.462. The van der Waals surface area contributed by atoms with Gasteiger partial charge in [0, 0.05) is 13.1 Å². The lowest BCUT2D eigenvalue weighted by molar-refractivity contribution is -0.137. The molecule has 100 valence electrons. The fourth-order valence-corrected chi connectivity index (χ4v) is 1.96. The molecule has 0 amide bonds. The first-order valence-corrected chi connectivity index (χ1v) is 6.15. The average molecular weight is 272 g/mol. The van der Waals surface area contributed by atoms with Gasteiger partial charge in [-0.3, -0.25) is 4.79 Å². The van der Waals surface area contributed by atoms with Crippen LogP contribution in [0.3, 0.4) is 0 Å². The van der Waals surface area contributed by atoms with Crippen molar-refractivity contribution in [2.24, 2.45) is 0 Å². The summed E-state index contributed by atoms with van der Waals surface area (Å²) in [6, 6.07) is 7.58. The van der Waals surface area contributed by atoms with Gasteiger partial charge < -0.3 is 14.7 Å². The molecule has 0 aromatic heterocycles. The van der Waals surface area contributed by atoms with Gasteiger partial charge in [-0.2, -0.15) is 0 Å². The molecule has 1 N–H and O–H groups in total. The molecule has 0 saturated carbocycles. The molecule has 1 unspecified atom stereocenters. The molecular formula is C13H18ClNO3. The Labute approximate surface area is 112 Å². The molecule has 1 rings (SSSR count). The van der Waals surface area contributed by atoms with Crippen LogP contribution in [0.15, 0.2) is 24.3 Å². The van der Waals surface area contributed by atoms with Crippen LogP contribution in [0, 0.1) is 0 Å². The molecule has 5 heteroatoms. The van der Waals surface area contributed by atoms with Crippen molar-refractivity contribution >= 4 is 17.6 Å². The Kier molecular flexibility index (Phi) is 5.95. The predicted octanol–water partition coefficient (Wildman–Crippen LogP) is 2.38. The van der Waals surface area contributed by atoms with Crippen LogP contribution in [-0.2, 0) is 4.79 Å². The van der Waals surface area contributed by atoms with Crippen molar-refractivity contribution in [3.8, 4) is 5.75 Å². The Hall–Kier alpha value is -1.26. The van der Waals surface area contributed by atoms with Crippen LogP contribution >= 0.6 is 11.6 Å². The molecular weight excluding hydrogens is 254 g/mol. The van der Waals surface area contributed by atoms with Crippen LogP contribution in [-0.4, -0.2) is 43.2 Å². The topological polar surface area (TPSA) is 49.8 Å². The van der Waals surface area contributed by atoms with E-state index in [0.29, 0.717) is 13.1 Å². The lowest BCUT2D eigenvalue weighted by atomic mass is 10.1. The van der Waals surface area contributed by atoms with Gasteiger partial charge in [0.05, 0.1) is 18.9 Å². The minimum atomic E-state index is -0.797. The Morgan fingerprint density at radius 3 is 2.89 bits per heavy atom. The summed E-state index contributed by atoms with van der Waals surface area (Å²) in [7, 11) is 3.47. The summed E-state index contributed by atoms with van der Waals surface area (Å²) in [5, 5.41) is 8.42. The van der Waals surface area contributed by atoms with E-state index in [4.69, 9.17) is 21.4 Å². The average Bonchev–Trinajstić information content (AvgIpc) is 2.36. The number of methoxy groups -OCH3 is 1. The van der Waals surface area contributed by atoms with Gasteiger partial charge in [0.1, 0.15) is 5.75 Å². The van der Waals surface area contributed by atoms with Crippen LogP contribution in [0.25, 0.3) is 0 Å². The van der Waals surface area contributed by atoms with E-state index in [-0.39, 0.29) is 11.8 Å². The standard InChI is InChI=1S/C13H18ClNO3/c1-15(7-6-13(16)17)9-12(14)10-4-3-5-11(8-10)18-2/h3-5,8,12H,6-7,9H2,1-2H3,(H,16,17). The number of ether oxygens (including phenoxy) is 1. The molecule has 1 aromatic rings. The van der Waals surface area contributed by atoms with E-state index >= 15 is 0 Å². The predicted molar refractivity (Wildman–Crippen MR) is 71.3 cm³/mol. The molecule has 18 heavy (non-hydrogen) atoms. The Morgan fingerprint density at radius 2 is 2.28 bits per heavy atom. The summed E-state index contributed by atoms with van der Waals surface area (Å²) in [5.74, 6) is -0.0271. The third-order valence-corrected chi connectivity index (χ3v) is 3.02. The molecule has 0 radical (unpaired) electrons. The lowest BCUT2D eigenvalue weighted by Gasteiger charge is -2.19. The molecule has 0 heterocycles. The minimum absolute atomic E-state index is 0.123. The van der Waals surface area contributed by atoms with Crippen molar-refractivity contribution in [3.63, 3.8) is 0 Å². The highest BCUT2D eigenvalue weighted by atomic mass is 35.5. The highest BCUT2D eigenvalue weighted by Crippen LogP contribution is 2.24. The smallest absolute Gasteiger partial charge is 0.304 e. The van der Waals surface area contributed by atoms with Crippen molar-refractivity contribution in [2.45, 2.75) is 11.8 Å². The first-order valence-electron chi connectivity index (χ1n) is 5.71. The molecule has 0 aliphatic heterocycles. The van der Waals surface area contributed by atoms with E-state index in [2.05, 4.69) is 0 Å². The number of aliphatic carboxylic acids is 1. The monoisotopic (exact) mass is 271 g/mol. The number of benzene rings is 1. The van der Waals surface area contributed by atoms with Gasteiger partial charge >= 0.3 is 5.97 Å². The SMILES string of the molecule is COc1cccc(C(Cl)CN(C)CCC(=O)O)c1. The number of rotatable bonds is 7. The minimum Gasteiger partial charge on any atom is -0.497 e. The highest BCUT2D eigenvalue weighted by molar-refractivity contribution is 6.21. The van der Waals surface area contributed by atoms with Crippen molar-refractivity contribution < 1.29 is 14.6 Å². The summed E-state index contributed by atoms with van der Waals surface area (Å²) in [5.41, 5.74) is 0.971. The maximum Gasteiger partial charge on any atom is 0.304 e. The van der Waals surface area contributed by atoms with E-state index in [1.807, 2.05) is 36.2 Å². The highest BCUT2D eigenvalue weighted by Gasteiger charge is 2.12. The first kappa shape index (κ1) is 14.8. The second-order valence-corrected chi connectivity index (χ2v) is 4.68. The number of likely N-dealkylation sites (N-methyl/N-ethyl adjacent to an activating group) is 1. The van der Waals surface area contributed by atoms with Crippen molar-refractivity contribution in [1.29, 1.82) is 0 Å². The Morgan fingerprint density at radius 1 is 1.56 bits per heavy atom. The van der Waals surface area contributed by atoms with Gasteiger partial charge in [0.15, 0.2) is 0 Å². The number of carboxylic acids is 1. The number of halogens is 1. The number of hydrogen-bond donors (Lipinski definition) is 1. The molecule has 4 nitrogen and oxygen atoms in total. The molecule has 0 spiro atoms. The number of alkyl halides is 1. The zero-order valence-corrected chi connectivity index (χ0v) is 11.4. The molecule has 0 fully saturated rings. The Bertz CT molecular complexity index is 398. The summed E-state index contributed by atoms with van der Waals surface area (Å²) >= 11 is 6.30. The van der Waals surface area contributed by atoms with Crippen LogP contribution < -0.4 is 4.74 Å². The molecule has 0 aliphatic carbocycles. The second-order valence-electron chi connectivity index (χ2n) is 4.15. The number of nitrogens with zero attached hydrogens (tertiary/aromatic N) is 1. The van der Waals surface area contributed by atoms with Crippen LogP contribution in [0.4, 0.5) is 0 Å². The third kappa shape index (κ3) is 4.94. The Balaban J connectivity index is 2.53. The van der Waals surface area contributed by atoms with E-state index < -0.39 is 5.97 Å². The van der Waals surface area contributed by atoms with Gasteiger partial charge in [0.2, 0.25) is 0 Å². The number of carboxylic acid groups (broad SMARTS) is 1. The summed E-state index contributed by atoms with van der Waals surface area (Å²) in [6.45, 7) is 1.09. The van der Waals surface area contributed by atoms with Crippen molar-refractivity contribution in [3.05, 3.63) is 29.8 Å². The maximum atomic E-state index is 10.5. The summed E-state index contributed by atoms with van der Waals surface area (Å²) in [6.07, 6.45) is 0.123. The zero-order valence-electron chi connectivity index (χ0n) is 10.6. The normalized spacial score (nSPS) is 12.4. The zero-order chi connectivity index (χ0) is 13.5. The quantitative estimate of drug-likeness (QED) is 0.774. The largest absolute Gasteiger partial charge is 0.497 e. The van der Waals surface area contributed by atoms with Crippen molar-refractivity contribution in [1.82, 2.24) is 4.90 Å². The molecule has 1 atom stereocenters. The van der Waals surface area contributed by atoms with E-state index in [0.717, 1.165) is 11.3 Å². The van der Waals surface area contributed by atoms with E-state index in [1.54, 1.807) is 7.11 Å². The van der Waals surface area contributed by atoms with E-state index in [1.165, 1.54) is 0 Å². The third-order valence-electron chi connectivity index (χ3n) is 2.63. The second kappa shape index (κ2) is 7.24. The van der Waals surface area contributed by atoms with E-state index in [9.17, 15) is 4.79 Å². The molecule has 0 aliphatic rings. The number of carbonyl (C=O) groups is 1. The van der Waals surface area contributed by atoms with Crippen LogP contribution in [0.2, 0.25) is 0 Å². The molecule has 0 bridgehead atoms. The molecule has 1 aromatic carbocycles. The van der Waals surface area contributed by atoms with Crippen LogP contribution in [0.1, 0.15) is 17.4 Å². The van der Waals surface area contributed by atoms with Gasteiger partial charge in [-0.25, -0.2) is 0 Å².